The molecule has 0 aliphatic carbocycles. The van der Waals surface area contributed by atoms with Crippen LogP contribution in [0.4, 0.5) is 5.69 Å². The first-order valence-electron chi connectivity index (χ1n) is 13.0. The Balaban J connectivity index is 1.60. The first-order chi connectivity index (χ1) is 18.0. The first kappa shape index (κ1) is 28.0. The van der Waals surface area contributed by atoms with Gasteiger partial charge >= 0.3 is 5.63 Å². The smallest absolute Gasteiger partial charge is 0.344 e. The van der Waals surface area contributed by atoms with Gasteiger partial charge in [0, 0.05) is 72.8 Å². The number of ether oxygens (including phenoxy) is 1. The zero-order valence-corrected chi connectivity index (χ0v) is 23.3. The molecule has 9 heteroatoms. The molecule has 0 unspecified atom stereocenters. The number of unbranched alkanes of at least 4 members (excludes halogenated alkanes) is 2. The van der Waals surface area contributed by atoms with Crippen LogP contribution in [-0.4, -0.2) is 44.5 Å². The molecule has 2 aromatic heterocycles. The molecule has 3 heterocycles. The van der Waals surface area contributed by atoms with Crippen LogP contribution in [0.5, 0.6) is 0 Å². The maximum atomic E-state index is 13.0. The Kier molecular flexibility index (Phi) is 8.40. The Morgan fingerprint density at radius 1 is 1.05 bits per heavy atom. The second-order valence-electron chi connectivity index (χ2n) is 10.5. The quantitative estimate of drug-likeness (QED) is 0.153. The summed E-state index contributed by atoms with van der Waals surface area (Å²) >= 11 is 0. The fraction of sp³-hybridized carbons (Fsp3) is 0.448. The van der Waals surface area contributed by atoms with Crippen molar-refractivity contribution in [3.05, 3.63) is 64.8 Å². The van der Waals surface area contributed by atoms with Gasteiger partial charge in [-0.1, -0.05) is 6.08 Å². The second kappa shape index (κ2) is 11.4. The highest BCUT2D eigenvalue weighted by molar-refractivity contribution is 7.85. The molecule has 0 atom stereocenters. The predicted molar refractivity (Wildman–Crippen MR) is 148 cm³/mol. The van der Waals surface area contributed by atoms with Gasteiger partial charge in [-0.15, -0.1) is 0 Å². The van der Waals surface area contributed by atoms with E-state index >= 15 is 0 Å². The monoisotopic (exact) mass is 540 g/mol. The lowest BCUT2D eigenvalue weighted by molar-refractivity contribution is -0.697. The minimum absolute atomic E-state index is 0.166. The first-order valence-corrected chi connectivity index (χ1v) is 14.6. The topological polar surface area (TPSA) is 104 Å². The van der Waals surface area contributed by atoms with E-state index in [2.05, 4.69) is 37.8 Å². The molecular formula is C29H36N2O6S. The molecule has 204 valence electrons. The number of allylic oxidation sites excluding steroid dienone is 1. The van der Waals surface area contributed by atoms with E-state index in [4.69, 9.17) is 9.15 Å². The van der Waals surface area contributed by atoms with E-state index in [0.29, 0.717) is 30.5 Å². The zero-order chi connectivity index (χ0) is 27.5. The Morgan fingerprint density at radius 3 is 2.45 bits per heavy atom. The summed E-state index contributed by atoms with van der Waals surface area (Å²) in [5.41, 5.74) is 4.62. The molecule has 0 amide bonds. The highest BCUT2D eigenvalue weighted by Gasteiger charge is 2.31. The van der Waals surface area contributed by atoms with Gasteiger partial charge in [0.25, 0.3) is 0 Å². The molecule has 0 fully saturated rings. The Hall–Kier alpha value is -3.01. The molecule has 0 saturated heterocycles. The van der Waals surface area contributed by atoms with Crippen molar-refractivity contribution in [2.24, 2.45) is 0 Å². The van der Waals surface area contributed by atoms with Crippen LogP contribution in [0.15, 0.2) is 58.0 Å². The minimum Gasteiger partial charge on any atom is -0.748 e. The van der Waals surface area contributed by atoms with E-state index in [-0.39, 0.29) is 11.3 Å². The van der Waals surface area contributed by atoms with Gasteiger partial charge in [-0.2, -0.15) is 0 Å². The molecule has 3 aromatic rings. The van der Waals surface area contributed by atoms with Crippen LogP contribution in [0, 0.1) is 0 Å². The summed E-state index contributed by atoms with van der Waals surface area (Å²) in [6.07, 6.45) is 8.83. The molecule has 0 saturated carbocycles. The fourth-order valence-electron chi connectivity index (χ4n) is 5.18. The zero-order valence-electron chi connectivity index (χ0n) is 22.5. The van der Waals surface area contributed by atoms with E-state index in [1.807, 2.05) is 41.2 Å². The van der Waals surface area contributed by atoms with Gasteiger partial charge < -0.3 is 18.6 Å². The van der Waals surface area contributed by atoms with Crippen LogP contribution in [0.3, 0.4) is 0 Å². The van der Waals surface area contributed by atoms with Gasteiger partial charge in [-0.05, 0) is 57.7 Å². The summed E-state index contributed by atoms with van der Waals surface area (Å²) in [6.45, 7) is 8.71. The van der Waals surface area contributed by atoms with Crippen LogP contribution in [0.1, 0.15) is 52.0 Å². The van der Waals surface area contributed by atoms with Crippen LogP contribution in [0.25, 0.3) is 27.7 Å². The molecule has 38 heavy (non-hydrogen) atoms. The van der Waals surface area contributed by atoms with E-state index in [1.54, 1.807) is 7.11 Å². The summed E-state index contributed by atoms with van der Waals surface area (Å²) in [5, 5.41) is 0.862. The average Bonchev–Trinajstić information content (AvgIpc) is 2.84. The maximum absolute atomic E-state index is 13.0. The number of benzene rings is 1. The van der Waals surface area contributed by atoms with Crippen molar-refractivity contribution in [2.75, 3.05) is 30.9 Å². The maximum Gasteiger partial charge on any atom is 0.344 e. The van der Waals surface area contributed by atoms with Gasteiger partial charge in [-0.25, -0.2) is 17.8 Å². The van der Waals surface area contributed by atoms with Crippen molar-refractivity contribution in [1.82, 2.24) is 0 Å². The number of anilines is 1. The SMILES string of the molecule is COCCCCN1c2cc3oc(=O)c(-c4cc[n+](CCCCS(=O)(=O)[O-])cc4)cc3cc2C(C)=CC1(C)C. The fourth-order valence-corrected chi connectivity index (χ4v) is 5.73. The third kappa shape index (κ3) is 6.51. The molecule has 1 aliphatic heterocycles. The van der Waals surface area contributed by atoms with E-state index in [0.717, 1.165) is 48.2 Å². The molecule has 8 nitrogen and oxygen atoms in total. The van der Waals surface area contributed by atoms with E-state index in [1.165, 1.54) is 5.57 Å². The summed E-state index contributed by atoms with van der Waals surface area (Å²) in [5.74, 6) is -0.356. The van der Waals surface area contributed by atoms with Gasteiger partial charge in [0.2, 0.25) is 0 Å². The van der Waals surface area contributed by atoms with Gasteiger partial charge in [-0.3, -0.25) is 0 Å². The largest absolute Gasteiger partial charge is 0.748 e. The number of hydrogen-bond acceptors (Lipinski definition) is 7. The Labute approximate surface area is 224 Å². The van der Waals surface area contributed by atoms with E-state index < -0.39 is 15.7 Å². The van der Waals surface area contributed by atoms with Gasteiger partial charge in [0.1, 0.15) is 12.1 Å². The summed E-state index contributed by atoms with van der Waals surface area (Å²) < 4.78 is 45.2. The van der Waals surface area contributed by atoms with Crippen molar-refractivity contribution in [1.29, 1.82) is 0 Å². The normalized spacial score (nSPS) is 15.0. The standard InChI is InChI=1S/C29H36N2O6S/c1-21-20-29(2,3)31(12-5-7-15-36-4)26-19-27-23(17-24(21)26)18-25(28(32)37-27)22-9-13-30(14-10-22)11-6-8-16-38(33,34)35/h9-10,13-14,17-20H,5-8,11-12,15-16H2,1-4H3. The number of fused-ring (bicyclic) bond motifs is 2. The molecule has 0 bridgehead atoms. The molecule has 0 spiro atoms. The molecular weight excluding hydrogens is 504 g/mol. The Bertz CT molecular complexity index is 1490. The third-order valence-electron chi connectivity index (χ3n) is 7.07. The molecule has 0 N–H and O–H groups in total. The molecule has 4 rings (SSSR count). The van der Waals surface area contributed by atoms with Crippen LogP contribution in [0.2, 0.25) is 0 Å². The molecule has 1 aromatic carbocycles. The van der Waals surface area contributed by atoms with Gasteiger partial charge in [0.15, 0.2) is 12.4 Å². The van der Waals surface area contributed by atoms with E-state index in [9.17, 15) is 17.8 Å². The van der Waals surface area contributed by atoms with Crippen molar-refractivity contribution in [2.45, 2.75) is 58.5 Å². The molecule has 0 radical (unpaired) electrons. The van der Waals surface area contributed by atoms with Gasteiger partial charge in [0.05, 0.1) is 21.2 Å². The van der Waals surface area contributed by atoms with Crippen LogP contribution < -0.4 is 15.1 Å². The highest BCUT2D eigenvalue weighted by Crippen LogP contribution is 2.41. The number of rotatable bonds is 11. The van der Waals surface area contributed by atoms with Crippen molar-refractivity contribution < 1.29 is 26.7 Å². The third-order valence-corrected chi connectivity index (χ3v) is 7.86. The summed E-state index contributed by atoms with van der Waals surface area (Å²) in [7, 11) is -2.46. The average molecular weight is 541 g/mol. The number of aryl methyl sites for hydroxylation is 1. The van der Waals surface area contributed by atoms with Crippen LogP contribution in [-0.2, 0) is 21.4 Å². The lowest BCUT2D eigenvalue weighted by atomic mass is 9.87. The number of methoxy groups -OCH3 is 1. The number of hydrogen-bond donors (Lipinski definition) is 0. The molecule has 1 aliphatic rings. The van der Waals surface area contributed by atoms with Crippen molar-refractivity contribution in [3.8, 4) is 11.1 Å². The predicted octanol–water partition coefficient (Wildman–Crippen LogP) is 4.50. The summed E-state index contributed by atoms with van der Waals surface area (Å²) in [4.78, 5) is 15.4. The number of nitrogens with zero attached hydrogens (tertiary/aromatic N) is 2. The van der Waals surface area contributed by atoms with Crippen molar-refractivity contribution in [3.63, 3.8) is 0 Å². The second-order valence-corrected chi connectivity index (χ2v) is 12.0. The van der Waals surface area contributed by atoms with Crippen molar-refractivity contribution >= 4 is 32.3 Å². The minimum atomic E-state index is -4.18. The Morgan fingerprint density at radius 2 is 1.76 bits per heavy atom. The lowest BCUT2D eigenvalue weighted by Gasteiger charge is -2.43. The van der Waals surface area contributed by atoms with Crippen LogP contribution >= 0.6 is 0 Å². The number of pyridine rings is 1. The lowest BCUT2D eigenvalue weighted by Crippen LogP contribution is -2.45. The number of aromatic nitrogens is 1. The highest BCUT2D eigenvalue weighted by atomic mass is 32.2. The summed E-state index contributed by atoms with van der Waals surface area (Å²) in [6, 6.07) is 9.67.